The van der Waals surface area contributed by atoms with Gasteiger partial charge in [-0.2, -0.15) is 0 Å². The fourth-order valence-corrected chi connectivity index (χ4v) is 3.44. The molecule has 7 nitrogen and oxygen atoms in total. The molecule has 7 heteroatoms. The molecule has 2 N–H and O–H groups in total. The molecule has 154 valence electrons. The summed E-state index contributed by atoms with van der Waals surface area (Å²) in [5.74, 6) is 0.00599. The maximum absolute atomic E-state index is 12.7. The van der Waals surface area contributed by atoms with Crippen LogP contribution < -0.4 is 4.74 Å². The summed E-state index contributed by atoms with van der Waals surface area (Å²) in [6, 6.07) is 11.5. The number of carbonyl (C=O) groups is 2. The minimum absolute atomic E-state index is 0.0363. The summed E-state index contributed by atoms with van der Waals surface area (Å²) in [6.45, 7) is 3.84. The fourth-order valence-electron chi connectivity index (χ4n) is 3.44. The van der Waals surface area contributed by atoms with Crippen molar-refractivity contribution >= 4 is 11.8 Å². The van der Waals surface area contributed by atoms with Gasteiger partial charge >= 0.3 is 0 Å². The van der Waals surface area contributed by atoms with Crippen molar-refractivity contribution < 1.29 is 24.5 Å². The van der Waals surface area contributed by atoms with E-state index in [1.54, 1.807) is 9.80 Å². The summed E-state index contributed by atoms with van der Waals surface area (Å²) in [7, 11) is 0. The van der Waals surface area contributed by atoms with Crippen LogP contribution in [0.5, 0.6) is 17.2 Å². The number of para-hydroxylation sites is 1. The molecule has 0 aromatic heterocycles. The lowest BCUT2D eigenvalue weighted by molar-refractivity contribution is -0.133. The molecule has 0 saturated carbocycles. The van der Waals surface area contributed by atoms with Crippen LogP contribution in [0.2, 0.25) is 0 Å². The number of phenolic OH excluding ortho intramolecular Hbond substituents is 2. The van der Waals surface area contributed by atoms with Crippen LogP contribution in [0.3, 0.4) is 0 Å². The van der Waals surface area contributed by atoms with Crippen LogP contribution in [0.25, 0.3) is 0 Å². The molecule has 0 aliphatic carbocycles. The average molecular weight is 398 g/mol. The van der Waals surface area contributed by atoms with Crippen LogP contribution in [-0.2, 0) is 11.2 Å². The number of amides is 2. The molecular formula is C22H26N2O5. The minimum atomic E-state index is -0.279. The minimum Gasteiger partial charge on any atom is -0.508 e. The molecule has 1 heterocycles. The summed E-state index contributed by atoms with van der Waals surface area (Å²) >= 11 is 0. The van der Waals surface area contributed by atoms with Crippen LogP contribution in [0.1, 0.15) is 29.3 Å². The monoisotopic (exact) mass is 398 g/mol. The van der Waals surface area contributed by atoms with Crippen molar-refractivity contribution in [3.63, 3.8) is 0 Å². The Balaban J connectivity index is 1.57. The molecule has 2 aromatic carbocycles. The van der Waals surface area contributed by atoms with Gasteiger partial charge in [-0.1, -0.05) is 25.1 Å². The molecule has 0 bridgehead atoms. The highest BCUT2D eigenvalue weighted by atomic mass is 16.5. The van der Waals surface area contributed by atoms with Crippen molar-refractivity contribution in [1.29, 1.82) is 0 Å². The second-order valence-corrected chi connectivity index (χ2v) is 7.01. The normalized spacial score (nSPS) is 14.4. The smallest absolute Gasteiger partial charge is 0.260 e. The number of carbonyl (C=O) groups excluding carboxylic acids is 2. The van der Waals surface area contributed by atoms with E-state index in [0.717, 1.165) is 17.7 Å². The van der Waals surface area contributed by atoms with Gasteiger partial charge in [-0.3, -0.25) is 9.59 Å². The molecule has 1 aliphatic heterocycles. The van der Waals surface area contributed by atoms with Crippen LogP contribution in [0, 0.1) is 0 Å². The summed E-state index contributed by atoms with van der Waals surface area (Å²) in [5.41, 5.74) is 1.28. The quantitative estimate of drug-likeness (QED) is 0.807. The highest BCUT2D eigenvalue weighted by molar-refractivity contribution is 5.95. The number of nitrogens with zero attached hydrogens (tertiary/aromatic N) is 2. The first-order valence-corrected chi connectivity index (χ1v) is 9.78. The Morgan fingerprint density at radius 3 is 2.34 bits per heavy atom. The molecule has 1 aliphatic rings. The Hall–Kier alpha value is -3.22. The largest absolute Gasteiger partial charge is 0.508 e. The topological polar surface area (TPSA) is 90.3 Å². The number of aromatic hydroxyl groups is 2. The third-order valence-electron chi connectivity index (χ3n) is 4.99. The molecule has 1 saturated heterocycles. The van der Waals surface area contributed by atoms with Crippen molar-refractivity contribution in [2.45, 2.75) is 19.8 Å². The van der Waals surface area contributed by atoms with Crippen LogP contribution in [0.4, 0.5) is 0 Å². The summed E-state index contributed by atoms with van der Waals surface area (Å²) < 4.78 is 5.73. The Morgan fingerprint density at radius 1 is 0.966 bits per heavy atom. The van der Waals surface area contributed by atoms with Crippen molar-refractivity contribution in [3.05, 3.63) is 53.6 Å². The predicted molar refractivity (Wildman–Crippen MR) is 108 cm³/mol. The summed E-state index contributed by atoms with van der Waals surface area (Å²) in [5, 5.41) is 19.2. The second-order valence-electron chi connectivity index (χ2n) is 7.01. The average Bonchev–Trinajstić information content (AvgIpc) is 2.97. The van der Waals surface area contributed by atoms with Gasteiger partial charge in [0.05, 0.1) is 0 Å². The Morgan fingerprint density at radius 2 is 1.62 bits per heavy atom. The van der Waals surface area contributed by atoms with Crippen molar-refractivity contribution in [2.24, 2.45) is 0 Å². The van der Waals surface area contributed by atoms with Crippen LogP contribution in [-0.4, -0.2) is 64.6 Å². The van der Waals surface area contributed by atoms with Crippen LogP contribution >= 0.6 is 0 Å². The van der Waals surface area contributed by atoms with E-state index in [1.807, 2.05) is 31.2 Å². The van der Waals surface area contributed by atoms with Gasteiger partial charge in [0.25, 0.3) is 11.8 Å². The van der Waals surface area contributed by atoms with Gasteiger partial charge in [0.1, 0.15) is 17.2 Å². The number of hydrogen-bond acceptors (Lipinski definition) is 5. The van der Waals surface area contributed by atoms with E-state index in [2.05, 4.69) is 0 Å². The van der Waals surface area contributed by atoms with Gasteiger partial charge < -0.3 is 24.7 Å². The molecule has 0 atom stereocenters. The van der Waals surface area contributed by atoms with E-state index < -0.39 is 0 Å². The van der Waals surface area contributed by atoms with Crippen molar-refractivity contribution in [3.8, 4) is 17.2 Å². The number of hydrogen-bond donors (Lipinski definition) is 2. The highest BCUT2D eigenvalue weighted by Gasteiger charge is 2.23. The van der Waals surface area contributed by atoms with E-state index in [1.165, 1.54) is 18.2 Å². The SMILES string of the molecule is CCc1ccccc1OCC(=O)N1CCCN(C(=O)c2cc(O)cc(O)c2)CC1. The molecular weight excluding hydrogens is 372 g/mol. The van der Waals surface area contributed by atoms with Crippen LogP contribution in [0.15, 0.2) is 42.5 Å². The first-order chi connectivity index (χ1) is 14.0. The zero-order valence-electron chi connectivity index (χ0n) is 16.5. The van der Waals surface area contributed by atoms with E-state index in [-0.39, 0.29) is 35.5 Å². The van der Waals surface area contributed by atoms with E-state index >= 15 is 0 Å². The molecule has 2 aromatic rings. The lowest BCUT2D eigenvalue weighted by Gasteiger charge is -2.22. The number of phenols is 2. The second kappa shape index (κ2) is 9.32. The van der Waals surface area contributed by atoms with Gasteiger partial charge in [-0.25, -0.2) is 0 Å². The first-order valence-electron chi connectivity index (χ1n) is 9.78. The number of ether oxygens (including phenoxy) is 1. The Labute approximate surface area is 170 Å². The lowest BCUT2D eigenvalue weighted by Crippen LogP contribution is -2.39. The van der Waals surface area contributed by atoms with E-state index in [0.29, 0.717) is 32.6 Å². The summed E-state index contributed by atoms with van der Waals surface area (Å²) in [6.07, 6.45) is 1.48. The number of benzene rings is 2. The van der Waals surface area contributed by atoms with Crippen molar-refractivity contribution in [1.82, 2.24) is 9.80 Å². The predicted octanol–water partition coefficient (Wildman–Crippen LogP) is 2.41. The molecule has 29 heavy (non-hydrogen) atoms. The molecule has 0 radical (unpaired) electrons. The number of aryl methyl sites for hydroxylation is 1. The molecule has 2 amide bonds. The fraction of sp³-hybridized carbons (Fsp3) is 0.364. The third-order valence-corrected chi connectivity index (χ3v) is 4.99. The van der Waals surface area contributed by atoms with Crippen molar-refractivity contribution in [2.75, 3.05) is 32.8 Å². The van der Waals surface area contributed by atoms with Gasteiger partial charge in [0.15, 0.2) is 6.61 Å². The number of rotatable bonds is 5. The van der Waals surface area contributed by atoms with E-state index in [9.17, 15) is 19.8 Å². The molecule has 0 spiro atoms. The Kier molecular flexibility index (Phi) is 6.59. The van der Waals surface area contributed by atoms with Gasteiger partial charge in [0, 0.05) is 37.8 Å². The van der Waals surface area contributed by atoms with Gasteiger partial charge in [-0.15, -0.1) is 0 Å². The molecule has 3 rings (SSSR count). The lowest BCUT2D eigenvalue weighted by atomic mass is 10.1. The first kappa shape index (κ1) is 20.5. The molecule has 0 unspecified atom stereocenters. The zero-order chi connectivity index (χ0) is 20.8. The zero-order valence-corrected chi connectivity index (χ0v) is 16.5. The maximum atomic E-state index is 12.7. The standard InChI is InChI=1S/C22H26N2O5/c1-2-16-6-3-4-7-20(16)29-15-21(27)23-8-5-9-24(11-10-23)22(28)17-12-18(25)14-19(26)13-17/h3-4,6-7,12-14,25-26H,2,5,8-11,15H2,1H3. The summed E-state index contributed by atoms with van der Waals surface area (Å²) in [4.78, 5) is 28.6. The van der Waals surface area contributed by atoms with Gasteiger partial charge in [0.2, 0.25) is 0 Å². The Bertz CT molecular complexity index is 863. The maximum Gasteiger partial charge on any atom is 0.260 e. The third kappa shape index (κ3) is 5.19. The van der Waals surface area contributed by atoms with Gasteiger partial charge in [-0.05, 0) is 36.6 Å². The highest BCUT2D eigenvalue weighted by Crippen LogP contribution is 2.22. The molecule has 1 fully saturated rings. The van der Waals surface area contributed by atoms with E-state index in [4.69, 9.17) is 4.74 Å².